The Bertz CT molecular complexity index is 965. The van der Waals surface area contributed by atoms with E-state index in [1.807, 2.05) is 6.92 Å². The molecule has 0 saturated heterocycles. The van der Waals surface area contributed by atoms with Crippen molar-refractivity contribution in [3.63, 3.8) is 0 Å². The van der Waals surface area contributed by atoms with E-state index >= 15 is 0 Å². The van der Waals surface area contributed by atoms with Crippen molar-refractivity contribution in [2.45, 2.75) is 17.8 Å². The monoisotopic (exact) mass is 334 g/mol. The van der Waals surface area contributed by atoms with Gasteiger partial charge in [-0.2, -0.15) is 0 Å². The number of nitrogens with one attached hydrogen (secondary N) is 1. The molecule has 112 valence electrons. The van der Waals surface area contributed by atoms with Gasteiger partial charge < -0.3 is 9.40 Å². The Morgan fingerprint density at radius 3 is 2.91 bits per heavy atom. The first-order valence-electron chi connectivity index (χ1n) is 6.44. The van der Waals surface area contributed by atoms with E-state index in [1.54, 1.807) is 12.1 Å². The van der Waals surface area contributed by atoms with Gasteiger partial charge in [-0.1, -0.05) is 23.4 Å². The van der Waals surface area contributed by atoms with Crippen molar-refractivity contribution in [1.82, 2.24) is 9.97 Å². The van der Waals surface area contributed by atoms with Crippen molar-refractivity contribution >= 4 is 34.3 Å². The molecule has 0 atom stereocenters. The summed E-state index contributed by atoms with van der Waals surface area (Å²) in [7, 11) is 0. The average molecular weight is 335 g/mol. The van der Waals surface area contributed by atoms with Crippen LogP contribution in [0.4, 0.5) is 0 Å². The van der Waals surface area contributed by atoms with Gasteiger partial charge in [0.1, 0.15) is 5.58 Å². The fourth-order valence-electron chi connectivity index (χ4n) is 2.04. The van der Waals surface area contributed by atoms with E-state index in [4.69, 9.17) is 16.0 Å². The Kier molecular flexibility index (Phi) is 4.04. The third-order valence-electron chi connectivity index (χ3n) is 3.12. The van der Waals surface area contributed by atoms with E-state index in [-0.39, 0.29) is 5.56 Å². The molecule has 1 aromatic carbocycles. The molecular weight excluding hydrogens is 324 g/mol. The second kappa shape index (κ2) is 5.98. The Morgan fingerprint density at radius 1 is 1.32 bits per heavy atom. The van der Waals surface area contributed by atoms with Crippen molar-refractivity contribution in [2.75, 3.05) is 0 Å². The first-order valence-corrected chi connectivity index (χ1v) is 7.80. The van der Waals surface area contributed by atoms with Gasteiger partial charge in [0, 0.05) is 34.5 Å². The van der Waals surface area contributed by atoms with Gasteiger partial charge in [-0.05, 0) is 30.2 Å². The summed E-state index contributed by atoms with van der Waals surface area (Å²) in [6.45, 7) is 1.85. The van der Waals surface area contributed by atoms with Crippen LogP contribution >= 0.6 is 23.4 Å². The molecule has 2 aromatic heterocycles. The van der Waals surface area contributed by atoms with Crippen LogP contribution < -0.4 is 11.2 Å². The standard InChI is InChI=1S/C15H11ClN2O3S/c1-8-4-12-10(6-11(8)16)9(5-14(20)21-12)7-22-15-17-3-2-13(19)18-15/h2-6H,7H2,1H3,(H,17,18,19). The number of thioether (sulfide) groups is 1. The van der Waals surface area contributed by atoms with Crippen molar-refractivity contribution < 1.29 is 4.42 Å². The summed E-state index contributed by atoms with van der Waals surface area (Å²) in [4.78, 5) is 29.6. The molecule has 3 rings (SSSR count). The fourth-order valence-corrected chi connectivity index (χ4v) is 3.04. The predicted molar refractivity (Wildman–Crippen MR) is 86.6 cm³/mol. The minimum atomic E-state index is -0.417. The molecule has 0 bridgehead atoms. The zero-order valence-electron chi connectivity index (χ0n) is 11.6. The number of aromatic nitrogens is 2. The van der Waals surface area contributed by atoms with Crippen LogP contribution in [-0.4, -0.2) is 9.97 Å². The summed E-state index contributed by atoms with van der Waals surface area (Å²) in [5.41, 5.74) is 1.49. The van der Waals surface area contributed by atoms with Gasteiger partial charge in [-0.15, -0.1) is 0 Å². The van der Waals surface area contributed by atoms with E-state index in [1.165, 1.54) is 30.1 Å². The summed E-state index contributed by atoms with van der Waals surface area (Å²) in [6.07, 6.45) is 1.44. The Hall–Kier alpha value is -2.05. The lowest BCUT2D eigenvalue weighted by atomic mass is 10.1. The maximum atomic E-state index is 11.7. The van der Waals surface area contributed by atoms with Gasteiger partial charge in [0.2, 0.25) is 0 Å². The molecule has 0 aliphatic carbocycles. The van der Waals surface area contributed by atoms with E-state index in [9.17, 15) is 9.59 Å². The third kappa shape index (κ3) is 3.08. The van der Waals surface area contributed by atoms with Crippen molar-refractivity contribution in [3.05, 3.63) is 67.4 Å². The lowest BCUT2D eigenvalue weighted by Gasteiger charge is -2.07. The number of H-pyrrole nitrogens is 1. The molecule has 5 nitrogen and oxygen atoms in total. The predicted octanol–water partition coefficient (Wildman–Crippen LogP) is 3.13. The van der Waals surface area contributed by atoms with Crippen LogP contribution in [0.2, 0.25) is 5.02 Å². The largest absolute Gasteiger partial charge is 0.423 e. The average Bonchev–Trinajstić information content (AvgIpc) is 2.47. The van der Waals surface area contributed by atoms with Gasteiger partial charge in [0.05, 0.1) is 0 Å². The number of benzene rings is 1. The van der Waals surface area contributed by atoms with Crippen LogP contribution in [0.3, 0.4) is 0 Å². The van der Waals surface area contributed by atoms with Crippen LogP contribution in [-0.2, 0) is 5.75 Å². The second-order valence-electron chi connectivity index (χ2n) is 4.72. The minimum absolute atomic E-state index is 0.214. The quantitative estimate of drug-likeness (QED) is 0.452. The number of aryl methyl sites for hydroxylation is 1. The Labute approximate surface area is 134 Å². The number of rotatable bonds is 3. The smallest absolute Gasteiger partial charge is 0.336 e. The first-order chi connectivity index (χ1) is 10.5. The highest BCUT2D eigenvalue weighted by molar-refractivity contribution is 7.98. The highest BCUT2D eigenvalue weighted by atomic mass is 35.5. The topological polar surface area (TPSA) is 76.0 Å². The van der Waals surface area contributed by atoms with Crippen LogP contribution in [0.5, 0.6) is 0 Å². The molecule has 22 heavy (non-hydrogen) atoms. The maximum absolute atomic E-state index is 11.7. The molecule has 0 unspecified atom stereocenters. The molecular formula is C15H11ClN2O3S. The van der Waals surface area contributed by atoms with Crippen molar-refractivity contribution in [2.24, 2.45) is 0 Å². The van der Waals surface area contributed by atoms with Gasteiger partial charge >= 0.3 is 5.63 Å². The number of hydrogen-bond acceptors (Lipinski definition) is 5. The summed E-state index contributed by atoms with van der Waals surface area (Å²) < 4.78 is 5.21. The van der Waals surface area contributed by atoms with Gasteiger partial charge in [-0.3, -0.25) is 4.79 Å². The first kappa shape index (κ1) is 14.9. The van der Waals surface area contributed by atoms with E-state index in [2.05, 4.69) is 9.97 Å². The summed E-state index contributed by atoms with van der Waals surface area (Å²) in [5.74, 6) is 0.467. The van der Waals surface area contributed by atoms with Crippen molar-refractivity contribution in [1.29, 1.82) is 0 Å². The Balaban J connectivity index is 2.01. The lowest BCUT2D eigenvalue weighted by molar-refractivity contribution is 0.559. The molecule has 0 radical (unpaired) electrons. The highest BCUT2D eigenvalue weighted by Crippen LogP contribution is 2.28. The molecule has 0 spiro atoms. The van der Waals surface area contributed by atoms with Crippen LogP contribution in [0.1, 0.15) is 11.1 Å². The number of hydrogen-bond donors (Lipinski definition) is 1. The molecule has 0 aliphatic rings. The molecule has 0 amide bonds. The summed E-state index contributed by atoms with van der Waals surface area (Å²) >= 11 is 7.48. The summed E-state index contributed by atoms with van der Waals surface area (Å²) in [6, 6.07) is 6.31. The minimum Gasteiger partial charge on any atom is -0.423 e. The zero-order valence-corrected chi connectivity index (χ0v) is 13.1. The number of aromatic amines is 1. The lowest BCUT2D eigenvalue weighted by Crippen LogP contribution is -2.05. The number of nitrogens with zero attached hydrogens (tertiary/aromatic N) is 1. The van der Waals surface area contributed by atoms with E-state index in [0.29, 0.717) is 21.5 Å². The molecule has 0 aliphatic heterocycles. The fraction of sp³-hybridized carbons (Fsp3) is 0.133. The van der Waals surface area contributed by atoms with Crippen LogP contribution in [0.25, 0.3) is 11.0 Å². The molecule has 3 aromatic rings. The van der Waals surface area contributed by atoms with Crippen molar-refractivity contribution in [3.8, 4) is 0 Å². The van der Waals surface area contributed by atoms with Gasteiger partial charge in [0.25, 0.3) is 5.56 Å². The number of halogens is 1. The van der Waals surface area contributed by atoms with E-state index in [0.717, 1.165) is 16.5 Å². The van der Waals surface area contributed by atoms with Gasteiger partial charge in [0.15, 0.2) is 5.16 Å². The summed E-state index contributed by atoms with van der Waals surface area (Å²) in [5, 5.41) is 1.88. The highest BCUT2D eigenvalue weighted by Gasteiger charge is 2.09. The third-order valence-corrected chi connectivity index (χ3v) is 4.47. The maximum Gasteiger partial charge on any atom is 0.336 e. The molecule has 7 heteroatoms. The zero-order chi connectivity index (χ0) is 15.7. The van der Waals surface area contributed by atoms with Gasteiger partial charge in [-0.25, -0.2) is 9.78 Å². The molecule has 2 heterocycles. The SMILES string of the molecule is Cc1cc2oc(=O)cc(CSc3nccc(=O)[nH]3)c2cc1Cl. The molecule has 0 fully saturated rings. The normalized spacial score (nSPS) is 11.0. The number of fused-ring (bicyclic) bond motifs is 1. The molecule has 1 N–H and O–H groups in total. The van der Waals surface area contributed by atoms with E-state index < -0.39 is 5.63 Å². The van der Waals surface area contributed by atoms with Crippen LogP contribution in [0, 0.1) is 6.92 Å². The molecule has 0 saturated carbocycles. The second-order valence-corrected chi connectivity index (χ2v) is 6.09. The Morgan fingerprint density at radius 2 is 2.14 bits per heavy atom. The van der Waals surface area contributed by atoms with Crippen LogP contribution in [0.15, 0.2) is 49.6 Å².